The summed E-state index contributed by atoms with van der Waals surface area (Å²) in [6.07, 6.45) is 8.90. The van der Waals surface area contributed by atoms with Crippen LogP contribution in [0.4, 0.5) is 0 Å². The van der Waals surface area contributed by atoms with Gasteiger partial charge in [0.05, 0.1) is 6.61 Å². The van der Waals surface area contributed by atoms with Crippen LogP contribution in [-0.2, 0) is 11.0 Å². The monoisotopic (exact) mass is 339 g/mol. The highest BCUT2D eigenvalue weighted by molar-refractivity contribution is 7.40. The van der Waals surface area contributed by atoms with Gasteiger partial charge in [-0.2, -0.15) is 0 Å². The van der Waals surface area contributed by atoms with E-state index in [1.165, 1.54) is 12.0 Å². The fourth-order valence-electron chi connectivity index (χ4n) is 3.47. The molecule has 1 saturated carbocycles. The Kier molecular flexibility index (Phi) is 7.61. The van der Waals surface area contributed by atoms with Crippen molar-refractivity contribution in [3.05, 3.63) is 29.8 Å². The van der Waals surface area contributed by atoms with E-state index >= 15 is 0 Å². The molecule has 3 N–H and O–H groups in total. The summed E-state index contributed by atoms with van der Waals surface area (Å²) in [6, 6.07) is 8.08. The second-order valence-electron chi connectivity index (χ2n) is 6.63. The van der Waals surface area contributed by atoms with Gasteiger partial charge in [0.2, 0.25) is 0 Å². The van der Waals surface area contributed by atoms with E-state index in [2.05, 4.69) is 12.1 Å². The lowest BCUT2D eigenvalue weighted by molar-refractivity contribution is 0.285. The van der Waals surface area contributed by atoms with E-state index in [1.54, 1.807) is 0 Å². The number of benzene rings is 1. The average molecular weight is 339 g/mol. The van der Waals surface area contributed by atoms with E-state index < -0.39 is 8.03 Å². The van der Waals surface area contributed by atoms with Gasteiger partial charge >= 0.3 is 0 Å². The van der Waals surface area contributed by atoms with Crippen LogP contribution in [0.1, 0.15) is 56.9 Å². The van der Waals surface area contributed by atoms with E-state index in [0.717, 1.165) is 57.1 Å². The minimum Gasteiger partial charge on any atom is -0.494 e. The molecule has 0 aromatic heterocycles. The highest BCUT2D eigenvalue weighted by atomic mass is 31.1. The molecule has 0 bridgehead atoms. The molecule has 1 aliphatic rings. The Morgan fingerprint density at radius 1 is 1.13 bits per heavy atom. The normalized spacial score (nSPS) is 18.5. The zero-order chi connectivity index (χ0) is 16.5. The third-order valence-electron chi connectivity index (χ3n) is 4.94. The number of unbranched alkanes of at least 4 members (excludes halogenated alkanes) is 1. The highest BCUT2D eigenvalue weighted by Crippen LogP contribution is 2.49. The van der Waals surface area contributed by atoms with Crippen LogP contribution in [0.3, 0.4) is 0 Å². The summed E-state index contributed by atoms with van der Waals surface area (Å²) in [4.78, 5) is 9.74. The molecule has 2 rings (SSSR count). The summed E-state index contributed by atoms with van der Waals surface area (Å²) in [6.45, 7) is 1.33. The Balaban J connectivity index is 1.69. The fraction of sp³-hybridized carbons (Fsp3) is 0.667. The molecular formula is C18H30NO3P. The Bertz CT molecular complexity index is 484. The first-order chi connectivity index (χ1) is 11.2. The summed E-state index contributed by atoms with van der Waals surface area (Å²) in [5.41, 5.74) is 6.77. The van der Waals surface area contributed by atoms with Crippen LogP contribution in [-0.4, -0.2) is 23.2 Å². The SMILES string of the molecule is NCCc1ccc(OCCCCC2([PH](=O)O)CCCCC2)cc1. The summed E-state index contributed by atoms with van der Waals surface area (Å²) >= 11 is 0. The molecule has 0 aliphatic heterocycles. The van der Waals surface area contributed by atoms with Crippen molar-refractivity contribution in [2.45, 2.75) is 62.9 Å². The molecule has 1 aromatic carbocycles. The van der Waals surface area contributed by atoms with Crippen LogP contribution < -0.4 is 10.5 Å². The van der Waals surface area contributed by atoms with Crippen molar-refractivity contribution < 1.29 is 14.2 Å². The second kappa shape index (κ2) is 9.46. The minimum atomic E-state index is -2.44. The molecule has 5 heteroatoms. The highest BCUT2D eigenvalue weighted by Gasteiger charge is 2.36. The van der Waals surface area contributed by atoms with Crippen LogP contribution >= 0.6 is 8.03 Å². The van der Waals surface area contributed by atoms with Gasteiger partial charge in [-0.25, -0.2) is 0 Å². The maximum Gasteiger partial charge on any atom is 0.195 e. The Morgan fingerprint density at radius 3 is 2.43 bits per heavy atom. The van der Waals surface area contributed by atoms with Gasteiger partial charge in [-0.3, -0.25) is 4.57 Å². The topological polar surface area (TPSA) is 72.5 Å². The van der Waals surface area contributed by atoms with E-state index in [0.29, 0.717) is 13.2 Å². The number of rotatable bonds is 9. The van der Waals surface area contributed by atoms with Gasteiger partial charge in [0, 0.05) is 5.16 Å². The summed E-state index contributed by atoms with van der Waals surface area (Å²) in [5.74, 6) is 0.883. The first-order valence-electron chi connectivity index (χ1n) is 8.81. The lowest BCUT2D eigenvalue weighted by Crippen LogP contribution is -2.27. The molecule has 1 fully saturated rings. The van der Waals surface area contributed by atoms with E-state index in [9.17, 15) is 9.46 Å². The van der Waals surface area contributed by atoms with Crippen LogP contribution in [0.25, 0.3) is 0 Å². The summed E-state index contributed by atoms with van der Waals surface area (Å²) < 4.78 is 17.6. The largest absolute Gasteiger partial charge is 0.494 e. The van der Waals surface area contributed by atoms with Crippen molar-refractivity contribution in [3.8, 4) is 5.75 Å². The molecule has 130 valence electrons. The van der Waals surface area contributed by atoms with E-state index in [-0.39, 0.29) is 5.16 Å². The third kappa shape index (κ3) is 5.63. The summed E-state index contributed by atoms with van der Waals surface area (Å²) in [5, 5.41) is -0.285. The molecule has 1 aromatic rings. The number of nitrogens with two attached hydrogens (primary N) is 1. The first kappa shape index (κ1) is 18.5. The van der Waals surface area contributed by atoms with Crippen molar-refractivity contribution in [1.82, 2.24) is 0 Å². The van der Waals surface area contributed by atoms with Crippen molar-refractivity contribution in [1.29, 1.82) is 0 Å². The second-order valence-corrected chi connectivity index (χ2v) is 8.31. The van der Waals surface area contributed by atoms with Gasteiger partial charge in [0.25, 0.3) is 0 Å². The number of ether oxygens (including phenoxy) is 1. The smallest absolute Gasteiger partial charge is 0.195 e. The van der Waals surface area contributed by atoms with Gasteiger partial charge < -0.3 is 15.4 Å². The quantitative estimate of drug-likeness (QED) is 0.528. The molecule has 0 radical (unpaired) electrons. The maximum absolute atomic E-state index is 11.8. The van der Waals surface area contributed by atoms with Crippen molar-refractivity contribution in [3.63, 3.8) is 0 Å². The third-order valence-corrected chi connectivity index (χ3v) is 6.60. The Hall–Kier alpha value is -0.830. The van der Waals surface area contributed by atoms with E-state index in [4.69, 9.17) is 10.5 Å². The molecular weight excluding hydrogens is 309 g/mol. The standard InChI is InChI=1S/C18H30NO3P/c19-14-10-16-6-8-17(9-7-16)22-15-5-4-13-18(23(20)21)11-2-1-3-12-18/h6-9,23H,1-5,10-15,19H2,(H,20,21). The summed E-state index contributed by atoms with van der Waals surface area (Å²) in [7, 11) is -2.44. The Morgan fingerprint density at radius 2 is 1.83 bits per heavy atom. The predicted octanol–water partition coefficient (Wildman–Crippen LogP) is 3.91. The van der Waals surface area contributed by atoms with E-state index in [1.807, 2.05) is 12.1 Å². The maximum atomic E-state index is 11.8. The van der Waals surface area contributed by atoms with Gasteiger partial charge in [-0.05, 0) is 62.8 Å². The van der Waals surface area contributed by atoms with Crippen LogP contribution in [0, 0.1) is 0 Å². The lowest BCUT2D eigenvalue weighted by atomic mass is 9.84. The molecule has 0 heterocycles. The molecule has 0 amide bonds. The number of hydrogen-bond donors (Lipinski definition) is 2. The average Bonchev–Trinajstić information content (AvgIpc) is 2.57. The van der Waals surface area contributed by atoms with Crippen LogP contribution in [0.15, 0.2) is 24.3 Å². The fourth-order valence-corrected chi connectivity index (χ4v) is 4.65. The van der Waals surface area contributed by atoms with Crippen LogP contribution in [0.5, 0.6) is 5.75 Å². The predicted molar refractivity (Wildman–Crippen MR) is 95.6 cm³/mol. The minimum absolute atomic E-state index is 0.285. The van der Waals surface area contributed by atoms with Gasteiger partial charge in [0.15, 0.2) is 8.03 Å². The zero-order valence-corrected chi connectivity index (χ0v) is 14.9. The molecule has 1 atom stereocenters. The molecule has 23 heavy (non-hydrogen) atoms. The van der Waals surface area contributed by atoms with Crippen molar-refractivity contribution >= 4 is 8.03 Å². The Labute approximate surface area is 140 Å². The molecule has 1 aliphatic carbocycles. The molecule has 0 spiro atoms. The zero-order valence-electron chi connectivity index (χ0n) is 13.9. The van der Waals surface area contributed by atoms with Crippen LogP contribution in [0.2, 0.25) is 0 Å². The molecule has 4 nitrogen and oxygen atoms in total. The molecule has 1 unspecified atom stereocenters. The van der Waals surface area contributed by atoms with Crippen molar-refractivity contribution in [2.24, 2.45) is 5.73 Å². The molecule has 0 saturated heterocycles. The first-order valence-corrected chi connectivity index (χ1v) is 10.2. The number of hydrogen-bond acceptors (Lipinski definition) is 3. The van der Waals surface area contributed by atoms with Gasteiger partial charge in [-0.15, -0.1) is 0 Å². The lowest BCUT2D eigenvalue weighted by Gasteiger charge is -2.34. The van der Waals surface area contributed by atoms with Crippen molar-refractivity contribution in [2.75, 3.05) is 13.2 Å². The van der Waals surface area contributed by atoms with Gasteiger partial charge in [-0.1, -0.05) is 31.4 Å². The van der Waals surface area contributed by atoms with Gasteiger partial charge in [0.1, 0.15) is 5.75 Å².